The van der Waals surface area contributed by atoms with Crippen molar-refractivity contribution >= 4 is 28.5 Å². The van der Waals surface area contributed by atoms with Gasteiger partial charge in [-0.2, -0.15) is 0 Å². The molecular formula is C13H15FN2O2S. The first-order valence-electron chi connectivity index (χ1n) is 5.98. The Morgan fingerprint density at radius 3 is 2.95 bits per heavy atom. The summed E-state index contributed by atoms with van der Waals surface area (Å²) < 4.78 is 13.7. The van der Waals surface area contributed by atoms with Gasteiger partial charge in [-0.3, -0.25) is 9.59 Å². The molecular weight excluding hydrogens is 267 g/mol. The van der Waals surface area contributed by atoms with Crippen LogP contribution >= 0.6 is 11.8 Å². The van der Waals surface area contributed by atoms with Crippen LogP contribution in [0.4, 0.5) is 10.1 Å². The number of benzene rings is 1. The van der Waals surface area contributed by atoms with Crippen LogP contribution in [0.2, 0.25) is 0 Å². The number of anilines is 1. The van der Waals surface area contributed by atoms with E-state index in [2.05, 4.69) is 0 Å². The molecule has 6 heteroatoms. The van der Waals surface area contributed by atoms with Crippen LogP contribution in [-0.4, -0.2) is 22.8 Å². The lowest BCUT2D eigenvalue weighted by molar-refractivity contribution is -0.117. The molecule has 2 rings (SSSR count). The molecule has 19 heavy (non-hydrogen) atoms. The third-order valence-electron chi connectivity index (χ3n) is 3.01. The Morgan fingerprint density at radius 2 is 2.32 bits per heavy atom. The average molecular weight is 282 g/mol. The van der Waals surface area contributed by atoms with Crippen LogP contribution in [0.25, 0.3) is 0 Å². The number of rotatable bonds is 3. The largest absolute Gasteiger partial charge is 0.326 e. The van der Waals surface area contributed by atoms with Gasteiger partial charge in [0.1, 0.15) is 5.82 Å². The fourth-order valence-corrected chi connectivity index (χ4v) is 3.14. The Bertz CT molecular complexity index is 521. The van der Waals surface area contributed by atoms with E-state index >= 15 is 0 Å². The van der Waals surface area contributed by atoms with Gasteiger partial charge in [0.15, 0.2) is 5.12 Å². The van der Waals surface area contributed by atoms with E-state index in [0.717, 1.165) is 11.8 Å². The van der Waals surface area contributed by atoms with Crippen molar-refractivity contribution in [3.8, 4) is 0 Å². The molecule has 1 aromatic carbocycles. The molecule has 0 radical (unpaired) electrons. The van der Waals surface area contributed by atoms with Crippen LogP contribution in [0.1, 0.15) is 18.9 Å². The fourth-order valence-electron chi connectivity index (χ4n) is 2.22. The van der Waals surface area contributed by atoms with Gasteiger partial charge in [-0.25, -0.2) is 4.39 Å². The minimum absolute atomic E-state index is 0.0158. The molecule has 102 valence electrons. The van der Waals surface area contributed by atoms with Crippen molar-refractivity contribution in [1.82, 2.24) is 0 Å². The topological polar surface area (TPSA) is 63.4 Å². The van der Waals surface area contributed by atoms with Crippen molar-refractivity contribution < 1.29 is 14.0 Å². The number of hydrogen-bond donors (Lipinski definition) is 1. The molecule has 2 N–H and O–H groups in total. The van der Waals surface area contributed by atoms with Crippen LogP contribution in [-0.2, 0) is 16.1 Å². The quantitative estimate of drug-likeness (QED) is 0.916. The van der Waals surface area contributed by atoms with Gasteiger partial charge in [0.25, 0.3) is 0 Å². The summed E-state index contributed by atoms with van der Waals surface area (Å²) in [4.78, 5) is 24.6. The number of halogens is 1. The molecule has 1 fully saturated rings. The van der Waals surface area contributed by atoms with Crippen molar-refractivity contribution in [3.05, 3.63) is 29.6 Å². The van der Waals surface area contributed by atoms with E-state index in [9.17, 15) is 14.0 Å². The normalized spacial score (nSPS) is 19.0. The maximum Gasteiger partial charge on any atom is 0.228 e. The zero-order chi connectivity index (χ0) is 14.0. The number of nitrogens with two attached hydrogens (primary N) is 1. The van der Waals surface area contributed by atoms with Crippen LogP contribution < -0.4 is 10.6 Å². The molecule has 1 aliphatic heterocycles. The minimum Gasteiger partial charge on any atom is -0.326 e. The molecule has 1 aromatic rings. The van der Waals surface area contributed by atoms with Gasteiger partial charge in [-0.05, 0) is 12.1 Å². The smallest absolute Gasteiger partial charge is 0.228 e. The first-order chi connectivity index (χ1) is 9.02. The van der Waals surface area contributed by atoms with Gasteiger partial charge in [0, 0.05) is 37.2 Å². The predicted octanol–water partition coefficient (Wildman–Crippen LogP) is 1.67. The number of hydrogen-bond acceptors (Lipinski definition) is 4. The highest BCUT2D eigenvalue weighted by Crippen LogP contribution is 2.31. The molecule has 0 aliphatic carbocycles. The Balaban J connectivity index is 2.25. The maximum atomic E-state index is 13.7. The summed E-state index contributed by atoms with van der Waals surface area (Å²) in [5.41, 5.74) is 6.39. The molecule has 0 bridgehead atoms. The van der Waals surface area contributed by atoms with E-state index < -0.39 is 5.82 Å². The highest BCUT2D eigenvalue weighted by Gasteiger charge is 2.33. The van der Waals surface area contributed by atoms with Crippen LogP contribution in [0.3, 0.4) is 0 Å². The standard InChI is InChI=1S/C13H15FN2O2S/c1-8(17)19-9-5-13(18)16(7-9)12-4-2-3-11(14)10(12)6-15/h2-4,9H,5-7,15H2,1H3. The lowest BCUT2D eigenvalue weighted by Gasteiger charge is -2.20. The van der Waals surface area contributed by atoms with Crippen molar-refractivity contribution in [2.45, 2.75) is 25.1 Å². The lowest BCUT2D eigenvalue weighted by atomic mass is 10.1. The van der Waals surface area contributed by atoms with Crippen LogP contribution in [0.5, 0.6) is 0 Å². The first kappa shape index (κ1) is 14.0. The zero-order valence-electron chi connectivity index (χ0n) is 10.6. The number of amides is 1. The Labute approximate surface area is 115 Å². The number of carbonyl (C=O) groups is 2. The van der Waals surface area contributed by atoms with Crippen molar-refractivity contribution in [3.63, 3.8) is 0 Å². The third-order valence-corrected chi connectivity index (χ3v) is 3.99. The molecule has 1 atom stereocenters. The second-order valence-corrected chi connectivity index (χ2v) is 5.86. The molecule has 1 aliphatic rings. The monoisotopic (exact) mass is 282 g/mol. The molecule has 0 spiro atoms. The first-order valence-corrected chi connectivity index (χ1v) is 6.86. The SMILES string of the molecule is CC(=O)SC1CC(=O)N(c2cccc(F)c2CN)C1. The highest BCUT2D eigenvalue weighted by molar-refractivity contribution is 8.14. The van der Waals surface area contributed by atoms with Gasteiger partial charge in [0.05, 0.1) is 5.69 Å². The number of thioether (sulfide) groups is 1. The van der Waals surface area contributed by atoms with Crippen LogP contribution in [0, 0.1) is 5.82 Å². The number of nitrogens with zero attached hydrogens (tertiary/aromatic N) is 1. The Hall–Kier alpha value is -1.40. The molecule has 1 amide bonds. The molecule has 0 aromatic heterocycles. The molecule has 1 unspecified atom stereocenters. The molecule has 0 saturated carbocycles. The summed E-state index contributed by atoms with van der Waals surface area (Å²) in [5, 5.41) is -0.0863. The maximum absolute atomic E-state index is 13.7. The number of carbonyl (C=O) groups excluding carboxylic acids is 2. The Morgan fingerprint density at radius 1 is 1.58 bits per heavy atom. The minimum atomic E-state index is -0.407. The van der Waals surface area contributed by atoms with E-state index in [1.807, 2.05) is 0 Å². The third kappa shape index (κ3) is 2.96. The predicted molar refractivity (Wildman–Crippen MR) is 73.3 cm³/mol. The molecule has 1 heterocycles. The fraction of sp³-hybridized carbons (Fsp3) is 0.385. The van der Waals surface area contributed by atoms with Gasteiger partial charge in [-0.15, -0.1) is 0 Å². The van der Waals surface area contributed by atoms with Gasteiger partial charge in [-0.1, -0.05) is 17.8 Å². The Kier molecular flexibility index (Phi) is 4.21. The highest BCUT2D eigenvalue weighted by atomic mass is 32.2. The van der Waals surface area contributed by atoms with Crippen molar-refractivity contribution in [2.24, 2.45) is 5.73 Å². The van der Waals surface area contributed by atoms with Gasteiger partial charge >= 0.3 is 0 Å². The van der Waals surface area contributed by atoms with E-state index in [1.54, 1.807) is 12.1 Å². The second-order valence-electron chi connectivity index (χ2n) is 4.38. The molecule has 4 nitrogen and oxygen atoms in total. The van der Waals surface area contributed by atoms with E-state index in [4.69, 9.17) is 5.73 Å². The van der Waals surface area contributed by atoms with E-state index in [0.29, 0.717) is 24.2 Å². The summed E-state index contributed by atoms with van der Waals surface area (Å²) in [6.07, 6.45) is 0.296. The summed E-state index contributed by atoms with van der Waals surface area (Å²) in [6.45, 7) is 1.93. The van der Waals surface area contributed by atoms with Crippen molar-refractivity contribution in [2.75, 3.05) is 11.4 Å². The van der Waals surface area contributed by atoms with Crippen LogP contribution in [0.15, 0.2) is 18.2 Å². The molecule has 1 saturated heterocycles. The lowest BCUT2D eigenvalue weighted by Crippen LogP contribution is -2.27. The zero-order valence-corrected chi connectivity index (χ0v) is 11.4. The van der Waals surface area contributed by atoms with Gasteiger partial charge in [0.2, 0.25) is 5.91 Å². The average Bonchev–Trinajstić information content (AvgIpc) is 2.68. The summed E-state index contributed by atoms with van der Waals surface area (Å²) >= 11 is 1.16. The van der Waals surface area contributed by atoms with Crippen molar-refractivity contribution in [1.29, 1.82) is 0 Å². The summed E-state index contributed by atoms with van der Waals surface area (Å²) in [5.74, 6) is -0.505. The second kappa shape index (κ2) is 5.71. The van der Waals surface area contributed by atoms with E-state index in [-0.39, 0.29) is 22.8 Å². The van der Waals surface area contributed by atoms with Gasteiger partial charge < -0.3 is 10.6 Å². The summed E-state index contributed by atoms with van der Waals surface area (Å²) in [6, 6.07) is 4.57. The van der Waals surface area contributed by atoms with E-state index in [1.165, 1.54) is 17.9 Å². The summed E-state index contributed by atoms with van der Waals surface area (Å²) in [7, 11) is 0.